The maximum atomic E-state index is 11.2. The number of amidine groups is 1. The predicted molar refractivity (Wildman–Crippen MR) is 51.1 cm³/mol. The highest BCUT2D eigenvalue weighted by Crippen LogP contribution is 2.17. The summed E-state index contributed by atoms with van der Waals surface area (Å²) in [5.41, 5.74) is 5.33. The topological polar surface area (TPSA) is 87.2 Å². The van der Waals surface area contributed by atoms with Gasteiger partial charge in [-0.3, -0.25) is 5.41 Å². The van der Waals surface area contributed by atoms with Crippen LogP contribution in [0.5, 0.6) is 0 Å². The van der Waals surface area contributed by atoms with Crippen molar-refractivity contribution in [2.45, 2.75) is 12.8 Å². The quantitative estimate of drug-likeness (QED) is 0.474. The van der Waals surface area contributed by atoms with Gasteiger partial charge in [-0.25, -0.2) is 12.7 Å². The Bertz CT molecular complexity index is 299. The molecule has 5 nitrogen and oxygen atoms in total. The van der Waals surface area contributed by atoms with Gasteiger partial charge in [0, 0.05) is 19.0 Å². The maximum absolute atomic E-state index is 11.2. The molecule has 0 aliphatic carbocycles. The van der Waals surface area contributed by atoms with Crippen LogP contribution in [0.25, 0.3) is 0 Å². The molecule has 0 unspecified atom stereocenters. The van der Waals surface area contributed by atoms with Crippen LogP contribution in [0.1, 0.15) is 12.8 Å². The van der Waals surface area contributed by atoms with E-state index >= 15 is 0 Å². The molecule has 0 saturated carbocycles. The first-order valence-corrected chi connectivity index (χ1v) is 6.05. The van der Waals surface area contributed by atoms with E-state index in [1.54, 1.807) is 0 Å². The van der Waals surface area contributed by atoms with Gasteiger partial charge >= 0.3 is 0 Å². The third-order valence-corrected chi connectivity index (χ3v) is 3.56. The second kappa shape index (κ2) is 3.63. The summed E-state index contributed by atoms with van der Waals surface area (Å²) in [6, 6.07) is 0. The molecule has 3 N–H and O–H groups in total. The van der Waals surface area contributed by atoms with Crippen molar-refractivity contribution < 1.29 is 8.42 Å². The first-order chi connectivity index (χ1) is 5.91. The number of nitrogens with two attached hydrogens (primary N) is 1. The largest absolute Gasteiger partial charge is 0.387 e. The molecule has 1 rings (SSSR count). The van der Waals surface area contributed by atoms with E-state index in [9.17, 15) is 8.42 Å². The van der Waals surface area contributed by atoms with Crippen LogP contribution >= 0.6 is 0 Å². The van der Waals surface area contributed by atoms with Crippen molar-refractivity contribution in [3.05, 3.63) is 0 Å². The molecular weight excluding hydrogens is 190 g/mol. The molecule has 0 spiro atoms. The smallest absolute Gasteiger partial charge is 0.211 e. The van der Waals surface area contributed by atoms with E-state index in [1.165, 1.54) is 10.6 Å². The monoisotopic (exact) mass is 205 g/mol. The summed E-state index contributed by atoms with van der Waals surface area (Å²) in [7, 11) is -3.11. The van der Waals surface area contributed by atoms with Crippen molar-refractivity contribution in [3.63, 3.8) is 0 Å². The lowest BCUT2D eigenvalue weighted by molar-refractivity contribution is 0.312. The zero-order valence-corrected chi connectivity index (χ0v) is 8.47. The Morgan fingerprint density at radius 3 is 2.69 bits per heavy atom. The molecule has 0 bridgehead atoms. The number of hydrogen-bond acceptors (Lipinski definition) is 3. The van der Waals surface area contributed by atoms with Gasteiger partial charge in [-0.1, -0.05) is 0 Å². The number of piperidine rings is 1. The summed E-state index contributed by atoms with van der Waals surface area (Å²) in [5, 5.41) is 7.24. The average molecular weight is 205 g/mol. The van der Waals surface area contributed by atoms with E-state index in [4.69, 9.17) is 11.1 Å². The Kier molecular flexibility index (Phi) is 2.92. The predicted octanol–water partition coefficient (Wildman–Crippen LogP) is -0.406. The highest BCUT2D eigenvalue weighted by atomic mass is 32.2. The van der Waals surface area contributed by atoms with E-state index in [0.29, 0.717) is 13.1 Å². The maximum Gasteiger partial charge on any atom is 0.211 e. The third kappa shape index (κ3) is 2.67. The summed E-state index contributed by atoms with van der Waals surface area (Å²) < 4.78 is 23.7. The average Bonchev–Trinajstić information content (AvgIpc) is 2.03. The SMILES string of the molecule is CS(=O)(=O)N1CCC[C@H](C(=N)N)C1. The molecule has 76 valence electrons. The lowest BCUT2D eigenvalue weighted by Crippen LogP contribution is -2.43. The van der Waals surface area contributed by atoms with Crippen molar-refractivity contribution in [2.24, 2.45) is 11.7 Å². The number of hydrogen-bond donors (Lipinski definition) is 2. The van der Waals surface area contributed by atoms with Gasteiger partial charge in [0.2, 0.25) is 10.0 Å². The normalized spacial score (nSPS) is 25.8. The first kappa shape index (κ1) is 10.5. The fourth-order valence-electron chi connectivity index (χ4n) is 1.50. The van der Waals surface area contributed by atoms with Gasteiger partial charge in [0.05, 0.1) is 12.1 Å². The van der Waals surface area contributed by atoms with Crippen LogP contribution in [0.3, 0.4) is 0 Å². The van der Waals surface area contributed by atoms with Gasteiger partial charge in [-0.2, -0.15) is 0 Å². The van der Waals surface area contributed by atoms with Gasteiger partial charge < -0.3 is 5.73 Å². The molecule has 1 fully saturated rings. The molecule has 0 radical (unpaired) electrons. The Labute approximate surface area is 78.5 Å². The van der Waals surface area contributed by atoms with Crippen LogP contribution in [0.4, 0.5) is 0 Å². The molecule has 0 aromatic carbocycles. The number of rotatable bonds is 2. The molecular formula is C7H15N3O2S. The van der Waals surface area contributed by atoms with Gasteiger partial charge in [-0.15, -0.1) is 0 Å². The second-order valence-electron chi connectivity index (χ2n) is 3.42. The molecule has 0 aromatic rings. The van der Waals surface area contributed by atoms with Crippen LogP contribution in [0.2, 0.25) is 0 Å². The molecule has 1 saturated heterocycles. The van der Waals surface area contributed by atoms with E-state index in [0.717, 1.165) is 12.8 Å². The van der Waals surface area contributed by atoms with E-state index in [1.807, 2.05) is 0 Å². The minimum atomic E-state index is -3.11. The van der Waals surface area contributed by atoms with Crippen LogP contribution < -0.4 is 5.73 Å². The van der Waals surface area contributed by atoms with Crippen molar-refractivity contribution >= 4 is 15.9 Å². The molecule has 0 aromatic heterocycles. The summed E-state index contributed by atoms with van der Waals surface area (Å²) in [6.45, 7) is 0.927. The molecule has 1 atom stereocenters. The van der Waals surface area contributed by atoms with Crippen LogP contribution in [-0.2, 0) is 10.0 Å². The van der Waals surface area contributed by atoms with Gasteiger partial charge in [0.15, 0.2) is 0 Å². The van der Waals surface area contributed by atoms with Crippen LogP contribution in [-0.4, -0.2) is 37.9 Å². The minimum Gasteiger partial charge on any atom is -0.387 e. The highest BCUT2D eigenvalue weighted by molar-refractivity contribution is 7.88. The molecule has 0 amide bonds. The highest BCUT2D eigenvalue weighted by Gasteiger charge is 2.27. The van der Waals surface area contributed by atoms with Gasteiger partial charge in [0.1, 0.15) is 0 Å². The minimum absolute atomic E-state index is 0.0911. The number of nitrogens with zero attached hydrogens (tertiary/aromatic N) is 1. The number of nitrogens with one attached hydrogen (secondary N) is 1. The van der Waals surface area contributed by atoms with Crippen molar-refractivity contribution in [1.29, 1.82) is 5.41 Å². The number of sulfonamides is 1. The van der Waals surface area contributed by atoms with E-state index in [-0.39, 0.29) is 11.8 Å². The second-order valence-corrected chi connectivity index (χ2v) is 5.40. The Balaban J connectivity index is 2.67. The van der Waals surface area contributed by atoms with Gasteiger partial charge in [0.25, 0.3) is 0 Å². The Hall–Kier alpha value is -0.620. The van der Waals surface area contributed by atoms with Crippen LogP contribution in [0, 0.1) is 11.3 Å². The molecule has 6 heteroatoms. The van der Waals surface area contributed by atoms with E-state index < -0.39 is 10.0 Å². The van der Waals surface area contributed by atoms with Crippen LogP contribution in [0.15, 0.2) is 0 Å². The lowest BCUT2D eigenvalue weighted by atomic mass is 9.99. The van der Waals surface area contributed by atoms with Crippen molar-refractivity contribution in [1.82, 2.24) is 4.31 Å². The van der Waals surface area contributed by atoms with Gasteiger partial charge in [-0.05, 0) is 12.8 Å². The molecule has 1 aliphatic heterocycles. The summed E-state index contributed by atoms with van der Waals surface area (Å²) in [6.07, 6.45) is 2.80. The Morgan fingerprint density at radius 2 is 2.23 bits per heavy atom. The molecule has 1 aliphatic rings. The van der Waals surface area contributed by atoms with Crippen molar-refractivity contribution in [2.75, 3.05) is 19.3 Å². The summed E-state index contributed by atoms with van der Waals surface area (Å²) in [4.78, 5) is 0. The lowest BCUT2D eigenvalue weighted by Gasteiger charge is -2.29. The fourth-order valence-corrected chi connectivity index (χ4v) is 2.41. The summed E-state index contributed by atoms with van der Waals surface area (Å²) in [5.74, 6) is -0.00294. The third-order valence-electron chi connectivity index (χ3n) is 2.29. The summed E-state index contributed by atoms with van der Waals surface area (Å²) >= 11 is 0. The van der Waals surface area contributed by atoms with E-state index in [2.05, 4.69) is 0 Å². The standard InChI is InChI=1S/C7H15N3O2S/c1-13(11,12)10-4-2-3-6(5-10)7(8)9/h6H,2-5H2,1H3,(H3,8,9)/t6-/m0/s1. The Morgan fingerprint density at radius 1 is 1.62 bits per heavy atom. The molecule has 1 heterocycles. The van der Waals surface area contributed by atoms with Crippen molar-refractivity contribution in [3.8, 4) is 0 Å². The zero-order valence-electron chi connectivity index (χ0n) is 7.66. The fraction of sp³-hybridized carbons (Fsp3) is 0.857. The first-order valence-electron chi connectivity index (χ1n) is 4.20. The molecule has 13 heavy (non-hydrogen) atoms. The zero-order chi connectivity index (χ0) is 10.1.